The van der Waals surface area contributed by atoms with Gasteiger partial charge in [0.1, 0.15) is 18.5 Å². The maximum Gasteiger partial charge on any atom is 0.319 e. The molecule has 4 aromatic rings. The molecule has 12 heteroatoms. The van der Waals surface area contributed by atoms with Crippen molar-refractivity contribution >= 4 is 46.3 Å². The molecule has 2 aliphatic heterocycles. The number of hydrogen-bond acceptors (Lipinski definition) is 7. The molecule has 0 bridgehead atoms. The van der Waals surface area contributed by atoms with Gasteiger partial charge in [0, 0.05) is 72.8 Å². The molecule has 45 heavy (non-hydrogen) atoms. The minimum Gasteiger partial charge on any atom is -0.491 e. The number of carbonyl (C=O) groups excluding carboxylic acids is 1. The number of aromatic nitrogens is 2. The van der Waals surface area contributed by atoms with Crippen molar-refractivity contribution in [1.29, 1.82) is 0 Å². The van der Waals surface area contributed by atoms with E-state index in [1.54, 1.807) is 24.7 Å². The third-order valence-electron chi connectivity index (χ3n) is 7.90. The van der Waals surface area contributed by atoms with Crippen molar-refractivity contribution in [2.24, 2.45) is 0 Å². The Kier molecular flexibility index (Phi) is 9.65. The molecule has 3 aromatic carbocycles. The van der Waals surface area contributed by atoms with Gasteiger partial charge in [-0.3, -0.25) is 0 Å². The highest BCUT2D eigenvalue weighted by Gasteiger charge is 2.45. The number of ether oxygens (including phenoxy) is 3. The highest BCUT2D eigenvalue weighted by Crippen LogP contribution is 2.40. The predicted molar refractivity (Wildman–Crippen MR) is 177 cm³/mol. The summed E-state index contributed by atoms with van der Waals surface area (Å²) in [6.45, 7) is 7.14. The van der Waals surface area contributed by atoms with Crippen molar-refractivity contribution in [3.05, 3.63) is 101 Å². The quantitative estimate of drug-likeness (QED) is 0.217. The largest absolute Gasteiger partial charge is 0.491 e. The van der Waals surface area contributed by atoms with E-state index in [0.29, 0.717) is 41.9 Å². The van der Waals surface area contributed by atoms with E-state index in [1.807, 2.05) is 60.2 Å². The first-order chi connectivity index (χ1) is 21.9. The summed E-state index contributed by atoms with van der Waals surface area (Å²) in [4.78, 5) is 20.6. The van der Waals surface area contributed by atoms with E-state index in [1.165, 1.54) is 0 Å². The van der Waals surface area contributed by atoms with Crippen LogP contribution < -0.4 is 25.2 Å². The second kappa shape index (κ2) is 14.0. The summed E-state index contributed by atoms with van der Waals surface area (Å²) in [5, 5.41) is 6.60. The topological polar surface area (TPSA) is 93.1 Å². The number of rotatable bonds is 10. The standard InChI is InChI=1S/C33H36Cl2N6O4/c1-2-37-32(42)38-25-4-6-26(7-5-25)40-15-17-41(18-16-40)27-8-10-28(11-9-27)43-20-29-21-44-33(45-29,22-39-14-13-36-23-39)30-12-3-24(34)19-31(30)35/h3-14,19,23,29H,2,15-18,20-22H2,1H3,(H2,37,38,42). The summed E-state index contributed by atoms with van der Waals surface area (Å²) in [6, 6.07) is 21.3. The average molecular weight is 652 g/mol. The number of imidazole rings is 1. The maximum absolute atomic E-state index is 11.8. The lowest BCUT2D eigenvalue weighted by molar-refractivity contribution is -0.189. The highest BCUT2D eigenvalue weighted by atomic mass is 35.5. The Balaban J connectivity index is 1.01. The number of amides is 2. The average Bonchev–Trinajstić information content (AvgIpc) is 3.71. The minimum atomic E-state index is -1.09. The Bertz CT molecular complexity index is 1560. The zero-order valence-electron chi connectivity index (χ0n) is 25.0. The number of benzene rings is 3. The molecule has 2 saturated heterocycles. The second-order valence-electron chi connectivity index (χ2n) is 11.0. The van der Waals surface area contributed by atoms with Crippen LogP contribution in [0.15, 0.2) is 85.5 Å². The van der Waals surface area contributed by atoms with Crippen molar-refractivity contribution in [3.63, 3.8) is 0 Å². The smallest absolute Gasteiger partial charge is 0.319 e. The fourth-order valence-corrected chi connectivity index (χ4v) is 6.18. The first-order valence-corrected chi connectivity index (χ1v) is 15.8. The van der Waals surface area contributed by atoms with Crippen LogP contribution in [0.3, 0.4) is 0 Å². The number of carbonyl (C=O) groups is 1. The van der Waals surface area contributed by atoms with Gasteiger partial charge in [-0.2, -0.15) is 0 Å². The van der Waals surface area contributed by atoms with Gasteiger partial charge in [0.2, 0.25) is 5.79 Å². The fraction of sp³-hybridized carbons (Fsp3) is 0.333. The first-order valence-electron chi connectivity index (χ1n) is 15.0. The summed E-state index contributed by atoms with van der Waals surface area (Å²) in [5.41, 5.74) is 3.78. The summed E-state index contributed by atoms with van der Waals surface area (Å²) in [6.07, 6.45) is 4.99. The van der Waals surface area contributed by atoms with E-state index < -0.39 is 5.79 Å². The van der Waals surface area contributed by atoms with Gasteiger partial charge in [0.15, 0.2) is 0 Å². The first kappa shape index (κ1) is 31.0. The molecule has 3 heterocycles. The van der Waals surface area contributed by atoms with Gasteiger partial charge in [-0.1, -0.05) is 29.3 Å². The second-order valence-corrected chi connectivity index (χ2v) is 11.8. The summed E-state index contributed by atoms with van der Waals surface area (Å²) < 4.78 is 20.8. The van der Waals surface area contributed by atoms with E-state index >= 15 is 0 Å². The van der Waals surface area contributed by atoms with E-state index in [2.05, 4.69) is 37.6 Å². The van der Waals surface area contributed by atoms with Crippen LogP contribution in [-0.2, 0) is 21.8 Å². The lowest BCUT2D eigenvalue weighted by Gasteiger charge is -2.37. The van der Waals surface area contributed by atoms with Gasteiger partial charge in [0.25, 0.3) is 0 Å². The van der Waals surface area contributed by atoms with E-state index in [4.69, 9.17) is 37.4 Å². The normalized spacial score (nSPS) is 19.8. The van der Waals surface area contributed by atoms with Crippen LogP contribution in [0, 0.1) is 0 Å². The highest BCUT2D eigenvalue weighted by molar-refractivity contribution is 6.35. The number of nitrogens with one attached hydrogen (secondary N) is 2. The fourth-order valence-electron chi connectivity index (χ4n) is 5.63. The molecule has 0 radical (unpaired) electrons. The molecule has 2 unspecified atom stereocenters. The third-order valence-corrected chi connectivity index (χ3v) is 8.44. The Labute approximate surface area is 272 Å². The van der Waals surface area contributed by atoms with E-state index in [-0.39, 0.29) is 12.1 Å². The molecule has 6 rings (SSSR count). The summed E-state index contributed by atoms with van der Waals surface area (Å²) >= 11 is 12.7. The molecule has 2 aliphatic rings. The van der Waals surface area contributed by atoms with Crippen LogP contribution >= 0.6 is 23.2 Å². The van der Waals surface area contributed by atoms with Gasteiger partial charge in [-0.05, 0) is 67.6 Å². The molecule has 0 spiro atoms. The molecule has 0 saturated carbocycles. The Hall–Kier alpha value is -3.96. The molecule has 2 atom stereocenters. The van der Waals surface area contributed by atoms with Crippen LogP contribution in [0.25, 0.3) is 0 Å². The van der Waals surface area contributed by atoms with Crippen LogP contribution in [0.5, 0.6) is 5.75 Å². The van der Waals surface area contributed by atoms with Gasteiger partial charge >= 0.3 is 6.03 Å². The molecule has 2 fully saturated rings. The number of urea groups is 1. The molecule has 10 nitrogen and oxygen atoms in total. The SMILES string of the molecule is CCNC(=O)Nc1ccc(N2CCN(c3ccc(OCC4COC(Cn5ccnc5)(c5ccc(Cl)cc5Cl)O4)cc3)CC2)cc1. The lowest BCUT2D eigenvalue weighted by atomic mass is 10.1. The number of halogens is 2. The number of piperazine rings is 1. The molecular weight excluding hydrogens is 615 g/mol. The van der Waals surface area contributed by atoms with Gasteiger partial charge in [-0.25, -0.2) is 9.78 Å². The molecule has 2 amide bonds. The van der Waals surface area contributed by atoms with Gasteiger partial charge < -0.3 is 39.2 Å². The number of hydrogen-bond donors (Lipinski definition) is 2. The molecular formula is C33H36Cl2N6O4. The van der Waals surface area contributed by atoms with Crippen LogP contribution in [0.2, 0.25) is 10.0 Å². The molecule has 2 N–H and O–H groups in total. The van der Waals surface area contributed by atoms with E-state index in [9.17, 15) is 4.79 Å². The molecule has 0 aliphatic carbocycles. The van der Waals surface area contributed by atoms with Gasteiger partial charge in [-0.15, -0.1) is 0 Å². The Morgan fingerprint density at radius 1 is 1.00 bits per heavy atom. The minimum absolute atomic E-state index is 0.195. The van der Waals surface area contributed by atoms with Crippen molar-refractivity contribution < 1.29 is 19.0 Å². The molecule has 1 aromatic heterocycles. The predicted octanol–water partition coefficient (Wildman–Crippen LogP) is 6.01. The zero-order valence-corrected chi connectivity index (χ0v) is 26.5. The third kappa shape index (κ3) is 7.48. The van der Waals surface area contributed by atoms with E-state index in [0.717, 1.165) is 49.0 Å². The van der Waals surface area contributed by atoms with Gasteiger partial charge in [0.05, 0.1) is 24.5 Å². The monoisotopic (exact) mass is 650 g/mol. The summed E-state index contributed by atoms with van der Waals surface area (Å²) in [7, 11) is 0. The van der Waals surface area contributed by atoms with Crippen LogP contribution in [-0.4, -0.2) is 67.6 Å². The van der Waals surface area contributed by atoms with Crippen molar-refractivity contribution in [1.82, 2.24) is 14.9 Å². The maximum atomic E-state index is 11.8. The summed E-state index contributed by atoms with van der Waals surface area (Å²) in [5.74, 6) is -0.328. The van der Waals surface area contributed by atoms with Crippen LogP contribution in [0.1, 0.15) is 12.5 Å². The Morgan fingerprint density at radius 3 is 2.31 bits per heavy atom. The lowest BCUT2D eigenvalue weighted by Crippen LogP contribution is -2.46. The van der Waals surface area contributed by atoms with Crippen molar-refractivity contribution in [2.75, 3.05) is 61.1 Å². The number of nitrogens with zero attached hydrogens (tertiary/aromatic N) is 4. The van der Waals surface area contributed by atoms with Crippen LogP contribution in [0.4, 0.5) is 21.9 Å². The zero-order chi connectivity index (χ0) is 31.2. The Morgan fingerprint density at radius 2 is 1.69 bits per heavy atom. The van der Waals surface area contributed by atoms with Crippen molar-refractivity contribution in [3.8, 4) is 5.75 Å². The molecule has 236 valence electrons. The van der Waals surface area contributed by atoms with Crippen molar-refractivity contribution in [2.45, 2.75) is 25.4 Å². The number of anilines is 3.